The van der Waals surface area contributed by atoms with E-state index in [0.29, 0.717) is 24.0 Å². The summed E-state index contributed by atoms with van der Waals surface area (Å²) >= 11 is 1.58. The maximum Gasteiger partial charge on any atom is 0.326 e. The highest BCUT2D eigenvalue weighted by molar-refractivity contribution is 7.09. The SMILES string of the molecule is COCCc1nc(-c2ccc3c(c2)N(CC(=O)OC2CCC(C(C)(C)C)CC2)C(=O)CO3)cs1. The molecular formula is C26H34N2O5S. The van der Waals surface area contributed by atoms with Gasteiger partial charge in [-0.1, -0.05) is 20.8 Å². The first-order valence-corrected chi connectivity index (χ1v) is 12.8. The van der Waals surface area contributed by atoms with E-state index in [1.807, 2.05) is 23.6 Å². The second-order valence-corrected chi connectivity index (χ2v) is 11.1. The Hall–Kier alpha value is -2.45. The first-order valence-electron chi connectivity index (χ1n) is 11.9. The van der Waals surface area contributed by atoms with Crippen LogP contribution in [-0.2, 0) is 25.5 Å². The van der Waals surface area contributed by atoms with Crippen LogP contribution in [0.2, 0.25) is 0 Å². The van der Waals surface area contributed by atoms with E-state index in [4.69, 9.17) is 14.2 Å². The maximum atomic E-state index is 12.8. The van der Waals surface area contributed by atoms with Crippen molar-refractivity contribution in [2.45, 2.75) is 59.0 Å². The monoisotopic (exact) mass is 486 g/mol. The number of anilines is 1. The van der Waals surface area contributed by atoms with Crippen LogP contribution in [0, 0.1) is 11.3 Å². The zero-order valence-electron chi connectivity index (χ0n) is 20.5. The predicted molar refractivity (Wildman–Crippen MR) is 132 cm³/mol. The maximum absolute atomic E-state index is 12.8. The molecule has 2 aliphatic rings. The molecule has 2 heterocycles. The van der Waals surface area contributed by atoms with Crippen LogP contribution in [0.3, 0.4) is 0 Å². The van der Waals surface area contributed by atoms with E-state index in [-0.39, 0.29) is 36.5 Å². The van der Waals surface area contributed by atoms with Gasteiger partial charge in [-0.2, -0.15) is 0 Å². The molecular weight excluding hydrogens is 452 g/mol. The highest BCUT2D eigenvalue weighted by Crippen LogP contribution is 2.39. The fraction of sp³-hybridized carbons (Fsp3) is 0.577. The minimum Gasteiger partial charge on any atom is -0.482 e. The third kappa shape index (κ3) is 5.78. The fourth-order valence-electron chi connectivity index (χ4n) is 4.68. The minimum atomic E-state index is -0.374. The van der Waals surface area contributed by atoms with E-state index in [9.17, 15) is 9.59 Å². The first-order chi connectivity index (χ1) is 16.2. The number of carbonyl (C=O) groups is 2. The van der Waals surface area contributed by atoms with Crippen molar-refractivity contribution in [2.75, 3.05) is 31.8 Å². The predicted octanol–water partition coefficient (Wildman–Crippen LogP) is 4.87. The highest BCUT2D eigenvalue weighted by atomic mass is 32.1. The number of esters is 1. The first kappa shape index (κ1) is 24.7. The molecule has 1 saturated carbocycles. The lowest BCUT2D eigenvalue weighted by Gasteiger charge is -2.37. The molecule has 1 aromatic carbocycles. The molecule has 1 aliphatic heterocycles. The van der Waals surface area contributed by atoms with E-state index in [0.717, 1.165) is 48.4 Å². The van der Waals surface area contributed by atoms with Crippen LogP contribution >= 0.6 is 11.3 Å². The number of nitrogens with zero attached hydrogens (tertiary/aromatic N) is 2. The lowest BCUT2D eigenvalue weighted by molar-refractivity contribution is -0.150. The van der Waals surface area contributed by atoms with Crippen LogP contribution in [0.25, 0.3) is 11.3 Å². The number of rotatable bonds is 7. The van der Waals surface area contributed by atoms with Gasteiger partial charge in [0.05, 0.1) is 23.0 Å². The van der Waals surface area contributed by atoms with Crippen molar-refractivity contribution in [2.24, 2.45) is 11.3 Å². The van der Waals surface area contributed by atoms with Gasteiger partial charge < -0.3 is 14.2 Å². The molecule has 1 amide bonds. The lowest BCUT2D eigenvalue weighted by atomic mass is 9.72. The van der Waals surface area contributed by atoms with Crippen molar-refractivity contribution in [3.63, 3.8) is 0 Å². The van der Waals surface area contributed by atoms with Gasteiger partial charge in [0.2, 0.25) is 0 Å². The van der Waals surface area contributed by atoms with Crippen molar-refractivity contribution in [1.82, 2.24) is 4.98 Å². The summed E-state index contributed by atoms with van der Waals surface area (Å²) < 4.78 is 16.5. The fourth-order valence-corrected chi connectivity index (χ4v) is 5.47. The van der Waals surface area contributed by atoms with Crippen LogP contribution in [0.5, 0.6) is 5.75 Å². The number of methoxy groups -OCH3 is 1. The molecule has 8 heteroatoms. The normalized spacial score (nSPS) is 20.6. The Morgan fingerprint density at radius 3 is 2.71 bits per heavy atom. The Labute approximate surface area is 205 Å². The van der Waals surface area contributed by atoms with Gasteiger partial charge >= 0.3 is 5.97 Å². The molecule has 34 heavy (non-hydrogen) atoms. The highest BCUT2D eigenvalue weighted by Gasteiger charge is 2.33. The van der Waals surface area contributed by atoms with Crippen molar-refractivity contribution in [3.05, 3.63) is 28.6 Å². The summed E-state index contributed by atoms with van der Waals surface area (Å²) in [6.07, 6.45) is 4.55. The Bertz CT molecular complexity index is 1020. The van der Waals surface area contributed by atoms with Crippen LogP contribution in [-0.4, -0.2) is 49.8 Å². The third-order valence-corrected chi connectivity index (χ3v) is 7.66. The molecule has 0 spiro atoms. The van der Waals surface area contributed by atoms with Gasteiger partial charge in [0, 0.05) is 24.5 Å². The molecule has 1 aliphatic carbocycles. The summed E-state index contributed by atoms with van der Waals surface area (Å²) in [7, 11) is 1.67. The molecule has 0 saturated heterocycles. The second-order valence-electron chi connectivity index (χ2n) is 10.1. The Balaban J connectivity index is 1.43. The number of benzene rings is 1. The Morgan fingerprint density at radius 1 is 1.24 bits per heavy atom. The summed E-state index contributed by atoms with van der Waals surface area (Å²) in [6, 6.07) is 5.62. The quantitative estimate of drug-likeness (QED) is 0.520. The van der Waals surface area contributed by atoms with E-state index in [2.05, 4.69) is 25.8 Å². The molecule has 0 radical (unpaired) electrons. The average Bonchev–Trinajstić information content (AvgIpc) is 3.28. The molecule has 2 aromatic rings. The van der Waals surface area contributed by atoms with Crippen molar-refractivity contribution in [1.29, 1.82) is 0 Å². The molecule has 4 rings (SSSR count). The number of aromatic nitrogens is 1. The third-order valence-electron chi connectivity index (χ3n) is 6.75. The molecule has 0 atom stereocenters. The van der Waals surface area contributed by atoms with Crippen molar-refractivity contribution in [3.8, 4) is 17.0 Å². The van der Waals surface area contributed by atoms with Gasteiger partial charge in [0.1, 0.15) is 18.4 Å². The van der Waals surface area contributed by atoms with E-state index >= 15 is 0 Å². The van der Waals surface area contributed by atoms with Gasteiger partial charge in [-0.25, -0.2) is 4.98 Å². The molecule has 0 unspecified atom stereocenters. The van der Waals surface area contributed by atoms with Crippen LogP contribution in [0.15, 0.2) is 23.6 Å². The lowest BCUT2D eigenvalue weighted by Crippen LogP contribution is -2.43. The standard InChI is InChI=1S/C26H34N2O5S/c1-26(2,3)18-6-8-19(9-7-18)33-25(30)14-28-21-13-17(5-10-22(21)32-15-24(28)29)20-16-34-23(27-20)11-12-31-4/h5,10,13,16,18-19H,6-9,11-12,14-15H2,1-4H3. The average molecular weight is 487 g/mol. The molecule has 184 valence electrons. The molecule has 7 nitrogen and oxygen atoms in total. The summed E-state index contributed by atoms with van der Waals surface area (Å²) in [5, 5.41) is 2.98. The minimum absolute atomic E-state index is 0.0754. The van der Waals surface area contributed by atoms with E-state index in [1.165, 1.54) is 4.90 Å². The molecule has 0 bridgehead atoms. The molecule has 1 aromatic heterocycles. The zero-order valence-corrected chi connectivity index (χ0v) is 21.3. The zero-order chi connectivity index (χ0) is 24.3. The van der Waals surface area contributed by atoms with Crippen molar-refractivity contribution >= 4 is 28.9 Å². The van der Waals surface area contributed by atoms with Gasteiger partial charge in [-0.05, 0) is 55.2 Å². The summed E-state index contributed by atoms with van der Waals surface area (Å²) in [4.78, 5) is 31.6. The largest absolute Gasteiger partial charge is 0.482 e. The van der Waals surface area contributed by atoms with Gasteiger partial charge in [-0.3, -0.25) is 14.5 Å². The smallest absolute Gasteiger partial charge is 0.326 e. The molecule has 1 fully saturated rings. The number of ether oxygens (including phenoxy) is 3. The van der Waals surface area contributed by atoms with Gasteiger partial charge in [0.15, 0.2) is 6.61 Å². The van der Waals surface area contributed by atoms with Crippen molar-refractivity contribution < 1.29 is 23.8 Å². The summed E-state index contributed by atoms with van der Waals surface area (Å²) in [6.45, 7) is 7.22. The number of fused-ring (bicyclic) bond motifs is 1. The number of amides is 1. The number of thiazole rings is 1. The Morgan fingerprint density at radius 2 is 2.00 bits per heavy atom. The summed E-state index contributed by atoms with van der Waals surface area (Å²) in [5.74, 6) is 0.601. The Kier molecular flexibility index (Phi) is 7.57. The molecule has 0 N–H and O–H groups in total. The topological polar surface area (TPSA) is 78.0 Å². The van der Waals surface area contributed by atoms with E-state index < -0.39 is 0 Å². The van der Waals surface area contributed by atoms with Gasteiger partial charge in [-0.15, -0.1) is 11.3 Å². The second kappa shape index (κ2) is 10.4. The van der Waals surface area contributed by atoms with Crippen LogP contribution in [0.1, 0.15) is 51.5 Å². The van der Waals surface area contributed by atoms with Crippen LogP contribution in [0.4, 0.5) is 5.69 Å². The van der Waals surface area contributed by atoms with Gasteiger partial charge in [0.25, 0.3) is 5.91 Å². The van der Waals surface area contributed by atoms with Crippen LogP contribution < -0.4 is 9.64 Å². The number of carbonyl (C=O) groups excluding carboxylic acids is 2. The summed E-state index contributed by atoms with van der Waals surface area (Å²) in [5.41, 5.74) is 2.55. The number of hydrogen-bond donors (Lipinski definition) is 0. The number of hydrogen-bond acceptors (Lipinski definition) is 7. The van der Waals surface area contributed by atoms with E-state index in [1.54, 1.807) is 18.4 Å².